The molecule has 9 heteroatoms. The Morgan fingerprint density at radius 2 is 2.24 bits per heavy atom. The first kappa shape index (κ1) is 15.2. The van der Waals surface area contributed by atoms with Crippen molar-refractivity contribution in [3.63, 3.8) is 0 Å². The van der Waals surface area contributed by atoms with Crippen molar-refractivity contribution in [2.75, 3.05) is 39.9 Å². The molecule has 2 rings (SSSR count). The first-order chi connectivity index (χ1) is 10.1. The molecule has 0 atom stereocenters. The van der Waals surface area contributed by atoms with Gasteiger partial charge in [-0.1, -0.05) is 5.21 Å². The molecule has 0 spiro atoms. The van der Waals surface area contributed by atoms with E-state index in [-0.39, 0.29) is 17.8 Å². The standard InChI is InChI=1S/C12H19N5O4/c1-3-15(4-5-21-2)12(20)16-6-9(7-16)17-8-10(11(18)19)13-14-17/h8-9H,3-7H2,1-2H3,(H,18,19). The Labute approximate surface area is 122 Å². The first-order valence-electron chi connectivity index (χ1n) is 6.74. The summed E-state index contributed by atoms with van der Waals surface area (Å²) in [6.45, 7) is 4.61. The van der Waals surface area contributed by atoms with Crippen LogP contribution in [0.5, 0.6) is 0 Å². The summed E-state index contributed by atoms with van der Waals surface area (Å²) in [5.41, 5.74) is -0.0879. The summed E-state index contributed by atoms with van der Waals surface area (Å²) in [6, 6.07) is -0.0555. The number of carbonyl (C=O) groups is 2. The molecular weight excluding hydrogens is 278 g/mol. The van der Waals surface area contributed by atoms with Crippen LogP contribution in [0.1, 0.15) is 23.5 Å². The maximum absolute atomic E-state index is 12.2. The van der Waals surface area contributed by atoms with E-state index in [1.165, 1.54) is 10.9 Å². The fourth-order valence-corrected chi connectivity index (χ4v) is 2.12. The smallest absolute Gasteiger partial charge is 0.358 e. The fraction of sp³-hybridized carbons (Fsp3) is 0.667. The number of likely N-dealkylation sites (N-methyl/N-ethyl adjacent to an activating group) is 1. The minimum absolute atomic E-state index is 0.0179. The highest BCUT2D eigenvalue weighted by Crippen LogP contribution is 2.21. The van der Waals surface area contributed by atoms with Gasteiger partial charge >= 0.3 is 12.0 Å². The van der Waals surface area contributed by atoms with Gasteiger partial charge in [0.2, 0.25) is 0 Å². The largest absolute Gasteiger partial charge is 0.476 e. The van der Waals surface area contributed by atoms with Crippen molar-refractivity contribution in [1.82, 2.24) is 24.8 Å². The van der Waals surface area contributed by atoms with Gasteiger partial charge in [-0.15, -0.1) is 5.10 Å². The SMILES string of the molecule is CCN(CCOC)C(=O)N1CC(n2cc(C(=O)O)nn2)C1. The van der Waals surface area contributed by atoms with E-state index in [0.29, 0.717) is 32.8 Å². The third kappa shape index (κ3) is 3.30. The molecule has 1 saturated heterocycles. The van der Waals surface area contributed by atoms with Crippen molar-refractivity contribution in [2.24, 2.45) is 0 Å². The minimum Gasteiger partial charge on any atom is -0.476 e. The highest BCUT2D eigenvalue weighted by atomic mass is 16.5. The predicted octanol–water partition coefficient (Wildman–Crippen LogP) is -0.0787. The molecule has 116 valence electrons. The molecule has 0 aromatic carbocycles. The van der Waals surface area contributed by atoms with Crippen molar-refractivity contribution < 1.29 is 19.4 Å². The van der Waals surface area contributed by atoms with E-state index in [0.717, 1.165) is 0 Å². The van der Waals surface area contributed by atoms with Crippen molar-refractivity contribution in [3.8, 4) is 0 Å². The minimum atomic E-state index is -1.11. The third-order valence-electron chi connectivity index (χ3n) is 3.45. The van der Waals surface area contributed by atoms with Gasteiger partial charge in [-0.05, 0) is 6.92 Å². The van der Waals surface area contributed by atoms with Gasteiger partial charge in [0, 0.05) is 33.3 Å². The van der Waals surface area contributed by atoms with E-state index in [4.69, 9.17) is 9.84 Å². The van der Waals surface area contributed by atoms with E-state index >= 15 is 0 Å². The molecule has 1 aliphatic heterocycles. The summed E-state index contributed by atoms with van der Waals surface area (Å²) in [6.07, 6.45) is 1.39. The van der Waals surface area contributed by atoms with Gasteiger partial charge in [-0.2, -0.15) is 0 Å². The van der Waals surface area contributed by atoms with Gasteiger partial charge in [0.05, 0.1) is 18.8 Å². The van der Waals surface area contributed by atoms with E-state index in [2.05, 4.69) is 10.3 Å². The molecule has 21 heavy (non-hydrogen) atoms. The Bertz CT molecular complexity index is 512. The zero-order valence-electron chi connectivity index (χ0n) is 12.1. The van der Waals surface area contributed by atoms with E-state index in [1.54, 1.807) is 16.9 Å². The molecule has 1 aromatic heterocycles. The van der Waals surface area contributed by atoms with Crippen LogP contribution in [0.3, 0.4) is 0 Å². The summed E-state index contributed by atoms with van der Waals surface area (Å²) in [5.74, 6) is -1.11. The van der Waals surface area contributed by atoms with Crippen LogP contribution in [0.4, 0.5) is 4.79 Å². The lowest BCUT2D eigenvalue weighted by Crippen LogP contribution is -2.55. The average Bonchev–Trinajstić information content (AvgIpc) is 2.87. The third-order valence-corrected chi connectivity index (χ3v) is 3.45. The Morgan fingerprint density at radius 1 is 1.52 bits per heavy atom. The molecule has 1 N–H and O–H groups in total. The molecule has 0 aliphatic carbocycles. The highest BCUT2D eigenvalue weighted by molar-refractivity contribution is 5.84. The normalized spacial score (nSPS) is 14.9. The number of hydrogen-bond donors (Lipinski definition) is 1. The molecule has 0 unspecified atom stereocenters. The van der Waals surface area contributed by atoms with Gasteiger partial charge in [-0.25, -0.2) is 14.3 Å². The summed E-state index contributed by atoms with van der Waals surface area (Å²) < 4.78 is 6.48. The molecule has 1 fully saturated rings. The number of likely N-dealkylation sites (tertiary alicyclic amines) is 1. The number of amides is 2. The summed E-state index contributed by atoms with van der Waals surface area (Å²) >= 11 is 0. The number of aromatic carboxylic acids is 1. The Hall–Kier alpha value is -2.16. The van der Waals surface area contributed by atoms with Crippen molar-refractivity contribution in [3.05, 3.63) is 11.9 Å². The average molecular weight is 297 g/mol. The Balaban J connectivity index is 1.87. The second-order valence-corrected chi connectivity index (χ2v) is 4.80. The van der Waals surface area contributed by atoms with Crippen LogP contribution in [0, 0.1) is 0 Å². The highest BCUT2D eigenvalue weighted by Gasteiger charge is 2.35. The lowest BCUT2D eigenvalue weighted by atomic mass is 10.1. The molecule has 0 saturated carbocycles. The fourth-order valence-electron chi connectivity index (χ4n) is 2.12. The van der Waals surface area contributed by atoms with Gasteiger partial charge < -0.3 is 19.6 Å². The molecule has 1 aliphatic rings. The zero-order chi connectivity index (χ0) is 15.4. The topological polar surface area (TPSA) is 101 Å². The quantitative estimate of drug-likeness (QED) is 0.788. The van der Waals surface area contributed by atoms with Gasteiger partial charge in [0.15, 0.2) is 5.69 Å². The van der Waals surface area contributed by atoms with Gasteiger partial charge in [-0.3, -0.25) is 0 Å². The number of rotatable bonds is 6. The number of carbonyl (C=O) groups excluding carboxylic acids is 1. The molecule has 9 nitrogen and oxygen atoms in total. The summed E-state index contributed by atoms with van der Waals surface area (Å²) in [5, 5.41) is 16.1. The maximum atomic E-state index is 12.2. The second kappa shape index (κ2) is 6.53. The molecule has 2 heterocycles. The van der Waals surface area contributed by atoms with E-state index in [9.17, 15) is 9.59 Å². The number of urea groups is 1. The Morgan fingerprint density at radius 3 is 2.76 bits per heavy atom. The van der Waals surface area contributed by atoms with Gasteiger partial charge in [0.25, 0.3) is 0 Å². The number of ether oxygens (including phenoxy) is 1. The van der Waals surface area contributed by atoms with Crippen molar-refractivity contribution in [2.45, 2.75) is 13.0 Å². The van der Waals surface area contributed by atoms with Gasteiger partial charge in [0.1, 0.15) is 0 Å². The molecule has 2 amide bonds. The molecule has 1 aromatic rings. The molecule has 0 radical (unpaired) electrons. The predicted molar refractivity (Wildman–Crippen MR) is 72.1 cm³/mol. The summed E-state index contributed by atoms with van der Waals surface area (Å²) in [4.78, 5) is 26.4. The van der Waals surface area contributed by atoms with Crippen molar-refractivity contribution >= 4 is 12.0 Å². The van der Waals surface area contributed by atoms with Crippen LogP contribution in [-0.2, 0) is 4.74 Å². The number of hydrogen-bond acceptors (Lipinski definition) is 5. The van der Waals surface area contributed by atoms with Crippen molar-refractivity contribution in [1.29, 1.82) is 0 Å². The molecular formula is C12H19N5O4. The van der Waals surface area contributed by atoms with Crippen LogP contribution in [0.2, 0.25) is 0 Å². The number of carboxylic acids is 1. The zero-order valence-corrected chi connectivity index (χ0v) is 12.1. The Kier molecular flexibility index (Phi) is 4.73. The number of nitrogens with zero attached hydrogens (tertiary/aromatic N) is 5. The lowest BCUT2D eigenvalue weighted by Gasteiger charge is -2.41. The molecule has 0 bridgehead atoms. The van der Waals surface area contributed by atoms with Crippen LogP contribution in [-0.4, -0.2) is 81.8 Å². The summed E-state index contributed by atoms with van der Waals surface area (Å²) in [7, 11) is 1.60. The van der Waals surface area contributed by atoms with E-state index < -0.39 is 5.97 Å². The van der Waals surface area contributed by atoms with Crippen LogP contribution < -0.4 is 0 Å². The van der Waals surface area contributed by atoms with Crippen LogP contribution in [0.25, 0.3) is 0 Å². The van der Waals surface area contributed by atoms with Crippen LogP contribution >= 0.6 is 0 Å². The monoisotopic (exact) mass is 297 g/mol. The van der Waals surface area contributed by atoms with Crippen LogP contribution in [0.15, 0.2) is 6.20 Å². The second-order valence-electron chi connectivity index (χ2n) is 4.80. The number of aromatic nitrogens is 3. The number of carboxylic acid groups (broad SMARTS) is 1. The first-order valence-corrected chi connectivity index (χ1v) is 6.74. The maximum Gasteiger partial charge on any atom is 0.358 e. The number of methoxy groups -OCH3 is 1. The lowest BCUT2D eigenvalue weighted by molar-refractivity contribution is 0.0689. The van der Waals surface area contributed by atoms with E-state index in [1.807, 2.05) is 6.92 Å².